The maximum atomic E-state index is 13.8. The summed E-state index contributed by atoms with van der Waals surface area (Å²) in [7, 11) is 0. The van der Waals surface area contributed by atoms with Gasteiger partial charge in [-0.1, -0.05) is 0 Å². The zero-order valence-electron chi connectivity index (χ0n) is 23.9. The van der Waals surface area contributed by atoms with Gasteiger partial charge in [-0.2, -0.15) is 5.10 Å². The van der Waals surface area contributed by atoms with Gasteiger partial charge in [-0.3, -0.25) is 14.4 Å². The normalized spacial score (nSPS) is 19.1. The smallest absolute Gasteiger partial charge is 0.416 e. The Hall–Kier alpha value is -3.87. The minimum Gasteiger partial charge on any atom is -0.444 e. The van der Waals surface area contributed by atoms with Crippen molar-refractivity contribution in [2.45, 2.75) is 77.4 Å². The highest BCUT2D eigenvalue weighted by Gasteiger charge is 2.32. The van der Waals surface area contributed by atoms with Gasteiger partial charge < -0.3 is 19.6 Å². The fraction of sp³-hybridized carbons (Fsp3) is 0.552. The molecule has 2 amide bonds. The number of aromatic nitrogens is 4. The molecule has 0 aliphatic heterocycles. The van der Waals surface area contributed by atoms with Crippen molar-refractivity contribution in [3.8, 4) is 11.5 Å². The second kappa shape index (κ2) is 12.2. The zero-order chi connectivity index (χ0) is 30.0. The van der Waals surface area contributed by atoms with E-state index in [4.69, 9.17) is 9.15 Å². The number of carbonyl (C=O) groups excluding carboxylic acids is 2. The van der Waals surface area contributed by atoms with Crippen LogP contribution in [-0.2, 0) is 4.74 Å². The maximum absolute atomic E-state index is 13.8. The van der Waals surface area contributed by atoms with Crippen LogP contribution in [0.4, 0.5) is 25.1 Å². The second-order valence-corrected chi connectivity index (χ2v) is 12.0. The van der Waals surface area contributed by atoms with Gasteiger partial charge in [0.05, 0.1) is 11.7 Å². The summed E-state index contributed by atoms with van der Waals surface area (Å²) < 4.78 is 40.2. The largest absolute Gasteiger partial charge is 0.444 e. The molecule has 2 aliphatic carbocycles. The Morgan fingerprint density at radius 2 is 1.90 bits per heavy atom. The van der Waals surface area contributed by atoms with Gasteiger partial charge in [0.15, 0.2) is 11.4 Å². The molecule has 0 radical (unpaired) electrons. The molecule has 0 unspecified atom stereocenters. The zero-order valence-corrected chi connectivity index (χ0v) is 23.9. The van der Waals surface area contributed by atoms with Gasteiger partial charge in [0.25, 0.3) is 12.3 Å². The number of aliphatic hydroxyl groups is 1. The lowest BCUT2D eigenvalue weighted by atomic mass is 9.87. The molecule has 2 saturated carbocycles. The number of alkyl halides is 2. The van der Waals surface area contributed by atoms with E-state index < -0.39 is 29.7 Å². The maximum Gasteiger partial charge on any atom is 0.416 e. The van der Waals surface area contributed by atoms with Gasteiger partial charge in [0.2, 0.25) is 5.89 Å². The molecule has 5 rings (SSSR count). The van der Waals surface area contributed by atoms with Crippen LogP contribution in [0.5, 0.6) is 0 Å². The highest BCUT2D eigenvalue weighted by Crippen LogP contribution is 2.35. The van der Waals surface area contributed by atoms with E-state index in [1.54, 1.807) is 32.9 Å². The number of nitrogens with one attached hydrogen (secondary N) is 1. The highest BCUT2D eigenvalue weighted by atomic mass is 19.3. The Morgan fingerprint density at radius 1 is 1.19 bits per heavy atom. The molecule has 226 valence electrons. The number of hydrogen-bond acceptors (Lipinski definition) is 8. The van der Waals surface area contributed by atoms with E-state index in [-0.39, 0.29) is 35.8 Å². The van der Waals surface area contributed by atoms with Crippen LogP contribution in [0.1, 0.15) is 87.9 Å². The van der Waals surface area contributed by atoms with Crippen LogP contribution in [0.25, 0.3) is 11.5 Å². The number of rotatable bonds is 9. The number of halogens is 2. The number of oxazole rings is 1. The summed E-state index contributed by atoms with van der Waals surface area (Å²) in [5.41, 5.74) is -0.928. The summed E-state index contributed by atoms with van der Waals surface area (Å²) in [6.45, 7) is 5.96. The minimum atomic E-state index is -2.89. The molecule has 3 heterocycles. The molecule has 2 aliphatic rings. The third-order valence-corrected chi connectivity index (χ3v) is 7.42. The Bertz CT molecular complexity index is 1410. The van der Waals surface area contributed by atoms with Crippen molar-refractivity contribution in [2.24, 2.45) is 11.8 Å². The van der Waals surface area contributed by atoms with E-state index in [9.17, 15) is 23.5 Å². The SMILES string of the molecule is CC(C)(C)OC(=O)N(CC1CC1)c1cc(-c2nc(C(=O)Nc3cn(C4CCC(CO)CC4)nc3C(F)F)co2)ccn1. The molecular weight excluding hydrogens is 550 g/mol. The quantitative estimate of drug-likeness (QED) is 0.312. The van der Waals surface area contributed by atoms with Crippen molar-refractivity contribution in [2.75, 3.05) is 23.4 Å². The predicted molar refractivity (Wildman–Crippen MR) is 149 cm³/mol. The summed E-state index contributed by atoms with van der Waals surface area (Å²) in [6, 6.07) is 3.17. The third kappa shape index (κ3) is 7.12. The molecule has 2 N–H and O–H groups in total. The van der Waals surface area contributed by atoms with Crippen LogP contribution >= 0.6 is 0 Å². The molecule has 11 nitrogen and oxygen atoms in total. The number of carbonyl (C=O) groups is 2. The van der Waals surface area contributed by atoms with Crippen LogP contribution in [-0.4, -0.2) is 55.6 Å². The first-order valence-corrected chi connectivity index (χ1v) is 14.2. The lowest BCUT2D eigenvalue weighted by Gasteiger charge is -2.27. The molecule has 13 heteroatoms. The topological polar surface area (TPSA) is 136 Å². The first kappa shape index (κ1) is 29.6. The molecule has 3 aromatic rings. The van der Waals surface area contributed by atoms with Crippen LogP contribution in [0.15, 0.2) is 35.2 Å². The van der Waals surface area contributed by atoms with Gasteiger partial charge >= 0.3 is 6.09 Å². The predicted octanol–water partition coefficient (Wildman–Crippen LogP) is 6.00. The van der Waals surface area contributed by atoms with E-state index in [1.807, 2.05) is 0 Å². The first-order chi connectivity index (χ1) is 20.0. The van der Waals surface area contributed by atoms with Gasteiger partial charge in [-0.25, -0.2) is 23.5 Å². The van der Waals surface area contributed by atoms with E-state index in [1.165, 1.54) is 22.0 Å². The number of nitrogens with zero attached hydrogens (tertiary/aromatic N) is 5. The van der Waals surface area contributed by atoms with Gasteiger partial charge in [0, 0.05) is 31.1 Å². The van der Waals surface area contributed by atoms with Crippen molar-refractivity contribution >= 4 is 23.5 Å². The Kier molecular flexibility index (Phi) is 8.58. The Balaban J connectivity index is 1.31. The average Bonchev–Trinajstić information content (AvgIpc) is 3.45. The Labute approximate surface area is 242 Å². The van der Waals surface area contributed by atoms with E-state index in [0.29, 0.717) is 36.7 Å². The van der Waals surface area contributed by atoms with Crippen molar-refractivity contribution in [3.63, 3.8) is 0 Å². The summed E-state index contributed by atoms with van der Waals surface area (Å²) in [4.78, 5) is 36.1. The minimum absolute atomic E-state index is 0.0874. The molecule has 0 bridgehead atoms. The summed E-state index contributed by atoms with van der Waals surface area (Å²) >= 11 is 0. The van der Waals surface area contributed by atoms with E-state index in [0.717, 1.165) is 31.9 Å². The Morgan fingerprint density at radius 3 is 2.55 bits per heavy atom. The average molecular weight is 587 g/mol. The third-order valence-electron chi connectivity index (χ3n) is 7.42. The number of aliphatic hydroxyl groups excluding tert-OH is 1. The van der Waals surface area contributed by atoms with E-state index >= 15 is 0 Å². The molecule has 42 heavy (non-hydrogen) atoms. The molecular formula is C29H36F2N6O5. The summed E-state index contributed by atoms with van der Waals surface area (Å²) in [6.07, 6.45) is 5.69. The summed E-state index contributed by atoms with van der Waals surface area (Å²) in [5, 5.41) is 15.9. The number of pyridine rings is 1. The first-order valence-electron chi connectivity index (χ1n) is 14.2. The number of anilines is 2. The fourth-order valence-electron chi connectivity index (χ4n) is 4.98. The van der Waals surface area contributed by atoms with Crippen LogP contribution in [0.3, 0.4) is 0 Å². The van der Waals surface area contributed by atoms with Crippen molar-refractivity contribution in [1.82, 2.24) is 19.7 Å². The van der Waals surface area contributed by atoms with E-state index in [2.05, 4.69) is 20.4 Å². The van der Waals surface area contributed by atoms with Crippen molar-refractivity contribution < 1.29 is 32.6 Å². The molecule has 0 saturated heterocycles. The lowest BCUT2D eigenvalue weighted by molar-refractivity contribution is 0.0577. The summed E-state index contributed by atoms with van der Waals surface area (Å²) in [5.74, 6) is 0.318. The van der Waals surface area contributed by atoms with Gasteiger partial charge in [-0.15, -0.1) is 0 Å². The lowest BCUT2D eigenvalue weighted by Crippen LogP contribution is -2.38. The number of ether oxygens (including phenoxy) is 1. The van der Waals surface area contributed by atoms with Gasteiger partial charge in [-0.05, 0) is 83.3 Å². The van der Waals surface area contributed by atoms with Crippen LogP contribution in [0, 0.1) is 11.8 Å². The van der Waals surface area contributed by atoms with Gasteiger partial charge in [0.1, 0.15) is 17.7 Å². The molecule has 0 atom stereocenters. The number of amides is 2. The highest BCUT2D eigenvalue weighted by molar-refractivity contribution is 6.03. The molecule has 3 aromatic heterocycles. The standard InChI is InChI=1S/C29H36F2N6O5/c1-29(2,3)42-28(40)36(13-17-4-5-17)23-12-19(10-11-32-23)27-34-22(16-41-27)26(39)33-21-14-37(35-24(21)25(30)31)20-8-6-18(15-38)7-9-20/h10-12,14,16-18,20,25,38H,4-9,13,15H2,1-3H3,(H,33,39). The second-order valence-electron chi connectivity index (χ2n) is 12.0. The fourth-order valence-corrected chi connectivity index (χ4v) is 4.98. The van der Waals surface area contributed by atoms with Crippen molar-refractivity contribution in [3.05, 3.63) is 42.2 Å². The monoisotopic (exact) mass is 586 g/mol. The molecule has 0 spiro atoms. The van der Waals surface area contributed by atoms with Crippen molar-refractivity contribution in [1.29, 1.82) is 0 Å². The molecule has 2 fully saturated rings. The van der Waals surface area contributed by atoms with Crippen LogP contribution in [0.2, 0.25) is 0 Å². The van der Waals surface area contributed by atoms with Crippen LogP contribution < -0.4 is 10.2 Å². The number of hydrogen-bond donors (Lipinski definition) is 2. The molecule has 0 aromatic carbocycles.